The van der Waals surface area contributed by atoms with Crippen LogP contribution in [-0.2, 0) is 19.1 Å². The van der Waals surface area contributed by atoms with Crippen molar-refractivity contribution in [2.75, 3.05) is 0 Å². The molecule has 2 rings (SSSR count). The summed E-state index contributed by atoms with van der Waals surface area (Å²) in [6.07, 6.45) is 1.55. The number of benzene rings is 1. The topological polar surface area (TPSA) is 72.5 Å². The number of hydrogen-bond donors (Lipinski definition) is 1. The Morgan fingerprint density at radius 3 is 2.50 bits per heavy atom. The second-order valence-corrected chi connectivity index (χ2v) is 6.77. The lowest BCUT2D eigenvalue weighted by molar-refractivity contribution is -0.119. The van der Waals surface area contributed by atoms with Gasteiger partial charge in [0.15, 0.2) is 0 Å². The van der Waals surface area contributed by atoms with Crippen LogP contribution in [0.15, 0.2) is 29.2 Å². The zero-order chi connectivity index (χ0) is 14.8. The number of aryl methyl sites for hydroxylation is 1. The maximum Gasteiger partial charge on any atom is 0.297 e. The van der Waals surface area contributed by atoms with Gasteiger partial charge in [-0.2, -0.15) is 8.42 Å². The van der Waals surface area contributed by atoms with Gasteiger partial charge in [0.2, 0.25) is 5.91 Å². The molecule has 1 aromatic carbocycles. The van der Waals surface area contributed by atoms with Gasteiger partial charge in [0.1, 0.15) is 0 Å². The molecular formula is C14H19NO4S. The summed E-state index contributed by atoms with van der Waals surface area (Å²) in [5.41, 5.74) is 0.996. The molecule has 110 valence electrons. The largest absolute Gasteiger partial charge is 0.354 e. The van der Waals surface area contributed by atoms with Crippen LogP contribution in [0.2, 0.25) is 0 Å². The van der Waals surface area contributed by atoms with Gasteiger partial charge >= 0.3 is 0 Å². The third kappa shape index (κ3) is 3.80. The minimum absolute atomic E-state index is 0.00529. The lowest BCUT2D eigenvalue weighted by Crippen LogP contribution is -2.31. The molecule has 1 N–H and O–H groups in total. The van der Waals surface area contributed by atoms with Crippen LogP contribution in [0.3, 0.4) is 0 Å². The highest BCUT2D eigenvalue weighted by Crippen LogP contribution is 2.26. The minimum atomic E-state index is -3.73. The second-order valence-electron chi connectivity index (χ2n) is 5.20. The molecule has 5 nitrogen and oxygen atoms in total. The van der Waals surface area contributed by atoms with Crippen molar-refractivity contribution in [2.24, 2.45) is 0 Å². The van der Waals surface area contributed by atoms with Gasteiger partial charge in [-0.25, -0.2) is 0 Å². The molecule has 6 heteroatoms. The van der Waals surface area contributed by atoms with Crippen molar-refractivity contribution in [3.05, 3.63) is 29.8 Å². The Morgan fingerprint density at radius 2 is 1.90 bits per heavy atom. The average Bonchev–Trinajstić information content (AvgIpc) is 2.75. The summed E-state index contributed by atoms with van der Waals surface area (Å²) in [5.74, 6) is -0.1000. The summed E-state index contributed by atoms with van der Waals surface area (Å²) >= 11 is 0. The molecule has 20 heavy (non-hydrogen) atoms. The first-order valence-electron chi connectivity index (χ1n) is 6.64. The van der Waals surface area contributed by atoms with E-state index in [9.17, 15) is 13.2 Å². The van der Waals surface area contributed by atoms with Crippen molar-refractivity contribution in [2.45, 2.75) is 50.2 Å². The van der Waals surface area contributed by atoms with Gasteiger partial charge in [-0.3, -0.25) is 8.98 Å². The smallest absolute Gasteiger partial charge is 0.297 e. The van der Waals surface area contributed by atoms with Crippen LogP contribution in [0.1, 0.15) is 31.7 Å². The van der Waals surface area contributed by atoms with Crippen LogP contribution in [-0.4, -0.2) is 26.5 Å². The molecule has 1 fully saturated rings. The first-order chi connectivity index (χ1) is 9.37. The summed E-state index contributed by atoms with van der Waals surface area (Å²) in [7, 11) is -3.73. The van der Waals surface area contributed by atoms with Crippen LogP contribution in [0.4, 0.5) is 0 Å². The fourth-order valence-corrected chi connectivity index (χ4v) is 3.50. The highest BCUT2D eigenvalue weighted by Gasteiger charge is 2.30. The van der Waals surface area contributed by atoms with Gasteiger partial charge in [-0.1, -0.05) is 17.7 Å². The number of carbonyl (C=O) groups is 1. The van der Waals surface area contributed by atoms with Crippen LogP contribution in [0, 0.1) is 6.92 Å². The molecule has 2 unspecified atom stereocenters. The normalized spacial score (nSPS) is 22.7. The summed E-state index contributed by atoms with van der Waals surface area (Å²) in [6, 6.07) is 6.58. The zero-order valence-corrected chi connectivity index (χ0v) is 12.4. The lowest BCUT2D eigenvalue weighted by atomic mass is 10.2. The number of carbonyl (C=O) groups excluding carboxylic acids is 1. The van der Waals surface area contributed by atoms with Crippen molar-refractivity contribution in [1.29, 1.82) is 0 Å². The Morgan fingerprint density at radius 1 is 1.25 bits per heavy atom. The molecule has 0 heterocycles. The van der Waals surface area contributed by atoms with E-state index in [0.717, 1.165) is 12.0 Å². The number of nitrogens with one attached hydrogen (secondary N) is 1. The Kier molecular flexibility index (Phi) is 4.45. The van der Waals surface area contributed by atoms with E-state index in [1.807, 2.05) is 6.92 Å². The van der Waals surface area contributed by atoms with E-state index < -0.39 is 10.1 Å². The van der Waals surface area contributed by atoms with E-state index in [1.165, 1.54) is 6.92 Å². The molecule has 2 atom stereocenters. The summed E-state index contributed by atoms with van der Waals surface area (Å²) in [5, 5.41) is 2.79. The third-order valence-electron chi connectivity index (χ3n) is 3.36. The molecule has 0 radical (unpaired) electrons. The first-order valence-corrected chi connectivity index (χ1v) is 8.05. The quantitative estimate of drug-likeness (QED) is 0.860. The Balaban J connectivity index is 1.99. The summed E-state index contributed by atoms with van der Waals surface area (Å²) < 4.78 is 29.5. The SMILES string of the molecule is CC(=O)NC1CCC(OS(=O)(=O)c2ccc(C)cc2)C1. The van der Waals surface area contributed by atoms with E-state index in [0.29, 0.717) is 12.8 Å². The van der Waals surface area contributed by atoms with Gasteiger partial charge in [-0.05, 0) is 38.3 Å². The van der Waals surface area contributed by atoms with Gasteiger partial charge in [-0.15, -0.1) is 0 Å². The van der Waals surface area contributed by atoms with Gasteiger partial charge < -0.3 is 5.32 Å². The lowest BCUT2D eigenvalue weighted by Gasteiger charge is -2.13. The monoisotopic (exact) mass is 297 g/mol. The van der Waals surface area contributed by atoms with Crippen LogP contribution in [0.5, 0.6) is 0 Å². The highest BCUT2D eigenvalue weighted by atomic mass is 32.2. The average molecular weight is 297 g/mol. The van der Waals surface area contributed by atoms with Gasteiger partial charge in [0.05, 0.1) is 11.0 Å². The molecule has 1 saturated carbocycles. The van der Waals surface area contributed by atoms with E-state index in [1.54, 1.807) is 24.3 Å². The minimum Gasteiger partial charge on any atom is -0.354 e. The van der Waals surface area contributed by atoms with Crippen molar-refractivity contribution < 1.29 is 17.4 Å². The molecule has 1 aromatic rings. The zero-order valence-electron chi connectivity index (χ0n) is 11.6. The van der Waals surface area contributed by atoms with Crippen molar-refractivity contribution >= 4 is 16.0 Å². The first kappa shape index (κ1) is 15.0. The molecule has 0 saturated heterocycles. The fraction of sp³-hybridized carbons (Fsp3) is 0.500. The molecule has 0 aliphatic heterocycles. The number of amides is 1. The second kappa shape index (κ2) is 5.93. The predicted octanol–water partition coefficient (Wildman–Crippen LogP) is 1.76. The highest BCUT2D eigenvalue weighted by molar-refractivity contribution is 7.86. The Labute approximate surface area is 119 Å². The van der Waals surface area contributed by atoms with E-state index in [4.69, 9.17) is 4.18 Å². The van der Waals surface area contributed by atoms with Gasteiger partial charge in [0.25, 0.3) is 10.1 Å². The van der Waals surface area contributed by atoms with Crippen LogP contribution >= 0.6 is 0 Å². The number of rotatable bonds is 4. The Bertz CT molecular complexity index is 580. The van der Waals surface area contributed by atoms with E-state index >= 15 is 0 Å². The Hall–Kier alpha value is -1.40. The van der Waals surface area contributed by atoms with Gasteiger partial charge in [0, 0.05) is 13.0 Å². The summed E-state index contributed by atoms with van der Waals surface area (Å²) in [4.78, 5) is 11.1. The van der Waals surface area contributed by atoms with Crippen LogP contribution in [0.25, 0.3) is 0 Å². The molecular weight excluding hydrogens is 278 g/mol. The third-order valence-corrected chi connectivity index (χ3v) is 4.74. The molecule has 0 bridgehead atoms. The summed E-state index contributed by atoms with van der Waals surface area (Å²) in [6.45, 7) is 3.35. The fourth-order valence-electron chi connectivity index (χ4n) is 2.39. The molecule has 0 aromatic heterocycles. The maximum absolute atomic E-state index is 12.1. The standard InChI is InChI=1S/C14H19NO4S/c1-10-3-7-14(8-4-10)20(17,18)19-13-6-5-12(9-13)15-11(2)16/h3-4,7-8,12-13H,5-6,9H2,1-2H3,(H,15,16). The van der Waals surface area contributed by atoms with Crippen molar-refractivity contribution in [3.8, 4) is 0 Å². The maximum atomic E-state index is 12.1. The van der Waals surface area contributed by atoms with Crippen molar-refractivity contribution in [1.82, 2.24) is 5.32 Å². The van der Waals surface area contributed by atoms with Crippen LogP contribution < -0.4 is 5.32 Å². The molecule has 1 aliphatic rings. The molecule has 0 spiro atoms. The number of hydrogen-bond acceptors (Lipinski definition) is 4. The van der Waals surface area contributed by atoms with E-state index in [2.05, 4.69) is 5.32 Å². The predicted molar refractivity (Wildman–Crippen MR) is 74.7 cm³/mol. The molecule has 1 amide bonds. The molecule has 1 aliphatic carbocycles. The van der Waals surface area contributed by atoms with Crippen molar-refractivity contribution in [3.63, 3.8) is 0 Å². The van der Waals surface area contributed by atoms with E-state index in [-0.39, 0.29) is 22.9 Å².